The van der Waals surface area contributed by atoms with Crippen LogP contribution in [0.15, 0.2) is 66.7 Å². The molecular weight excluding hydrogens is 422 g/mol. The van der Waals surface area contributed by atoms with Gasteiger partial charge in [-0.1, -0.05) is 101 Å². The second-order valence-corrected chi connectivity index (χ2v) is 10.3. The minimum absolute atomic E-state index is 0.201. The van der Waals surface area contributed by atoms with E-state index >= 15 is 0 Å². The minimum atomic E-state index is -0.435. The Hall–Kier alpha value is -2.48. The molecule has 1 unspecified atom stereocenters. The summed E-state index contributed by atoms with van der Waals surface area (Å²) in [5, 5.41) is 0. The van der Waals surface area contributed by atoms with Crippen molar-refractivity contribution in [1.29, 1.82) is 0 Å². The molecule has 0 radical (unpaired) electrons. The van der Waals surface area contributed by atoms with E-state index in [1.807, 2.05) is 19.1 Å². The van der Waals surface area contributed by atoms with Gasteiger partial charge in [0.2, 0.25) is 0 Å². The van der Waals surface area contributed by atoms with Crippen LogP contribution in [0.2, 0.25) is 0 Å². The van der Waals surface area contributed by atoms with Crippen LogP contribution in [0.4, 0.5) is 8.78 Å². The number of halogens is 2. The highest BCUT2D eigenvalue weighted by Crippen LogP contribution is 2.37. The van der Waals surface area contributed by atoms with Crippen molar-refractivity contribution in [2.45, 2.75) is 77.6 Å². The van der Waals surface area contributed by atoms with Crippen LogP contribution in [0, 0.1) is 23.5 Å². The van der Waals surface area contributed by atoms with Gasteiger partial charge in [-0.25, -0.2) is 8.78 Å². The molecule has 0 N–H and O–H groups in total. The van der Waals surface area contributed by atoms with Gasteiger partial charge in [0.1, 0.15) is 11.6 Å². The van der Waals surface area contributed by atoms with Crippen molar-refractivity contribution in [2.24, 2.45) is 11.8 Å². The maximum absolute atomic E-state index is 14.3. The zero-order chi connectivity index (χ0) is 23.9. The van der Waals surface area contributed by atoms with Gasteiger partial charge in [0.15, 0.2) is 0 Å². The van der Waals surface area contributed by atoms with Crippen LogP contribution >= 0.6 is 0 Å². The maximum Gasteiger partial charge on any atom is 0.129 e. The Kier molecular flexibility index (Phi) is 8.53. The van der Waals surface area contributed by atoms with E-state index in [9.17, 15) is 8.78 Å². The summed E-state index contributed by atoms with van der Waals surface area (Å²) in [6.45, 7) is 4.30. The third-order valence-corrected chi connectivity index (χ3v) is 7.79. The molecule has 0 bridgehead atoms. The lowest BCUT2D eigenvalue weighted by atomic mass is 9.75. The van der Waals surface area contributed by atoms with Gasteiger partial charge < -0.3 is 0 Å². The highest BCUT2D eigenvalue weighted by atomic mass is 19.1. The van der Waals surface area contributed by atoms with Gasteiger partial charge in [0.25, 0.3) is 0 Å². The van der Waals surface area contributed by atoms with Crippen molar-refractivity contribution in [2.75, 3.05) is 0 Å². The molecule has 0 heterocycles. The average molecular weight is 461 g/mol. The predicted molar refractivity (Wildman–Crippen MR) is 139 cm³/mol. The topological polar surface area (TPSA) is 0 Å². The Morgan fingerprint density at radius 3 is 2.00 bits per heavy atom. The van der Waals surface area contributed by atoms with Gasteiger partial charge in [-0.05, 0) is 77.8 Å². The monoisotopic (exact) mass is 460 g/mol. The molecule has 1 aliphatic rings. The lowest BCUT2D eigenvalue weighted by Crippen LogP contribution is -2.16. The third-order valence-electron chi connectivity index (χ3n) is 7.79. The molecule has 4 rings (SSSR count). The first-order valence-electron chi connectivity index (χ1n) is 13.2. The smallest absolute Gasteiger partial charge is 0.129 e. The number of benzene rings is 3. The molecule has 1 saturated carbocycles. The van der Waals surface area contributed by atoms with Gasteiger partial charge in [0.05, 0.1) is 0 Å². The van der Waals surface area contributed by atoms with Gasteiger partial charge in [-0.15, -0.1) is 0 Å². The van der Waals surface area contributed by atoms with Crippen LogP contribution in [0.3, 0.4) is 0 Å². The Balaban J connectivity index is 1.25. The fraction of sp³-hybridized carbons (Fsp3) is 0.438. The Bertz CT molecular complexity index is 1010. The molecule has 2 heteroatoms. The molecule has 1 aliphatic carbocycles. The summed E-state index contributed by atoms with van der Waals surface area (Å²) in [6, 6.07) is 22.1. The van der Waals surface area contributed by atoms with Crippen LogP contribution in [-0.4, -0.2) is 0 Å². The first-order valence-corrected chi connectivity index (χ1v) is 13.2. The van der Waals surface area contributed by atoms with Crippen molar-refractivity contribution in [3.8, 4) is 11.1 Å². The summed E-state index contributed by atoms with van der Waals surface area (Å²) in [5.74, 6) is 1.45. The summed E-state index contributed by atoms with van der Waals surface area (Å²) >= 11 is 0. The van der Waals surface area contributed by atoms with E-state index in [2.05, 4.69) is 49.4 Å². The Morgan fingerprint density at radius 2 is 1.38 bits per heavy atom. The van der Waals surface area contributed by atoms with E-state index in [1.165, 1.54) is 61.8 Å². The van der Waals surface area contributed by atoms with Crippen molar-refractivity contribution < 1.29 is 8.78 Å². The Morgan fingerprint density at radius 1 is 0.765 bits per heavy atom. The van der Waals surface area contributed by atoms with Gasteiger partial charge in [0, 0.05) is 5.56 Å². The molecule has 0 saturated heterocycles. The molecule has 3 aromatic carbocycles. The fourth-order valence-corrected chi connectivity index (χ4v) is 5.67. The van der Waals surface area contributed by atoms with Crippen LogP contribution in [0.25, 0.3) is 11.1 Å². The van der Waals surface area contributed by atoms with E-state index in [4.69, 9.17) is 0 Å². The third kappa shape index (κ3) is 6.34. The minimum Gasteiger partial charge on any atom is -0.207 e. The van der Waals surface area contributed by atoms with E-state index in [0.29, 0.717) is 17.9 Å². The molecule has 0 aromatic heterocycles. The molecule has 34 heavy (non-hydrogen) atoms. The molecule has 0 aliphatic heterocycles. The van der Waals surface area contributed by atoms with E-state index in [1.54, 1.807) is 0 Å². The maximum atomic E-state index is 14.3. The second kappa shape index (κ2) is 11.8. The van der Waals surface area contributed by atoms with Crippen LogP contribution in [0.1, 0.15) is 81.4 Å². The predicted octanol–water partition coefficient (Wildman–Crippen LogP) is 9.52. The summed E-state index contributed by atoms with van der Waals surface area (Å²) in [7, 11) is 0. The van der Waals surface area contributed by atoms with Crippen molar-refractivity contribution in [3.05, 3.63) is 95.1 Å². The summed E-state index contributed by atoms with van der Waals surface area (Å²) < 4.78 is 28.7. The largest absolute Gasteiger partial charge is 0.207 e. The number of rotatable bonds is 9. The summed E-state index contributed by atoms with van der Waals surface area (Å²) in [4.78, 5) is 0. The first kappa shape index (κ1) is 24.6. The zero-order valence-electron chi connectivity index (χ0n) is 20.7. The van der Waals surface area contributed by atoms with Gasteiger partial charge >= 0.3 is 0 Å². The molecule has 180 valence electrons. The Labute approximate surface area is 204 Å². The van der Waals surface area contributed by atoms with Gasteiger partial charge in [-0.2, -0.15) is 0 Å². The summed E-state index contributed by atoms with van der Waals surface area (Å²) in [5.41, 5.74) is 4.47. The number of hydrogen-bond donors (Lipinski definition) is 0. The highest BCUT2D eigenvalue weighted by Gasteiger charge is 2.23. The van der Waals surface area contributed by atoms with Crippen molar-refractivity contribution >= 4 is 0 Å². The quantitative estimate of drug-likeness (QED) is 0.298. The highest BCUT2D eigenvalue weighted by molar-refractivity contribution is 5.64. The molecule has 1 fully saturated rings. The van der Waals surface area contributed by atoms with Crippen molar-refractivity contribution in [1.82, 2.24) is 0 Å². The first-order chi connectivity index (χ1) is 16.5. The van der Waals surface area contributed by atoms with Crippen LogP contribution in [0.5, 0.6) is 0 Å². The lowest BCUT2D eigenvalue weighted by Gasteiger charge is -2.30. The molecule has 0 amide bonds. The normalized spacial score (nSPS) is 19.2. The summed E-state index contributed by atoms with van der Waals surface area (Å²) in [6.07, 6.45) is 10.2. The number of aryl methyl sites for hydroxylation is 1. The zero-order valence-corrected chi connectivity index (χ0v) is 20.7. The number of hydrogen-bond acceptors (Lipinski definition) is 0. The van der Waals surface area contributed by atoms with Crippen LogP contribution < -0.4 is 0 Å². The standard InChI is InChI=1S/C32H38F2/c1-3-7-30-31(33)21-29(22-32(30)34)28-18-16-25(17-19-28)11-10-24-12-14-26(15-13-24)20-23(2)27-8-5-4-6-9-27/h4-6,8-9,16-19,21-24,26H,3,7,10-15,20H2,1-2H3. The van der Waals surface area contributed by atoms with E-state index < -0.39 is 11.6 Å². The lowest BCUT2D eigenvalue weighted by molar-refractivity contribution is 0.245. The molecule has 0 spiro atoms. The van der Waals surface area contributed by atoms with E-state index in [-0.39, 0.29) is 5.56 Å². The molecule has 3 aromatic rings. The van der Waals surface area contributed by atoms with Crippen LogP contribution in [-0.2, 0) is 12.8 Å². The molecule has 1 atom stereocenters. The molecule has 0 nitrogen and oxygen atoms in total. The fourth-order valence-electron chi connectivity index (χ4n) is 5.67. The SMILES string of the molecule is CCCc1c(F)cc(-c2ccc(CCC3CCC(CC(C)c4ccccc4)CC3)cc2)cc1F. The van der Waals surface area contributed by atoms with Crippen molar-refractivity contribution in [3.63, 3.8) is 0 Å². The van der Waals surface area contributed by atoms with E-state index in [0.717, 1.165) is 30.2 Å². The average Bonchev–Trinajstić information content (AvgIpc) is 2.86. The van der Waals surface area contributed by atoms with Gasteiger partial charge in [-0.3, -0.25) is 0 Å². The molecular formula is C32H38F2. The second-order valence-electron chi connectivity index (χ2n) is 10.3.